The Hall–Kier alpha value is -1.92. The van der Waals surface area contributed by atoms with Gasteiger partial charge in [-0.25, -0.2) is 0 Å². The molecule has 0 fully saturated rings. The highest BCUT2D eigenvalue weighted by atomic mass is 79.9. The Balaban J connectivity index is 2.04. The number of nitrogens with one attached hydrogen (secondary N) is 2. The number of nitrogens with zero attached hydrogens (tertiary/aromatic N) is 1. The van der Waals surface area contributed by atoms with Crippen LogP contribution >= 0.6 is 28.1 Å². The zero-order valence-electron chi connectivity index (χ0n) is 12.8. The summed E-state index contributed by atoms with van der Waals surface area (Å²) in [5.74, 6) is 0.761. The second-order valence-corrected chi connectivity index (χ2v) is 6.01. The monoisotopic (exact) mass is 391 g/mol. The number of halogens is 1. The fourth-order valence-electron chi connectivity index (χ4n) is 1.85. The maximum Gasteiger partial charge on any atom is 0.186 e. The Kier molecular flexibility index (Phi) is 7.03. The van der Waals surface area contributed by atoms with Crippen molar-refractivity contribution in [2.45, 2.75) is 13.5 Å². The van der Waals surface area contributed by atoms with Crippen molar-refractivity contribution in [1.29, 1.82) is 0 Å². The highest BCUT2D eigenvalue weighted by Crippen LogP contribution is 2.22. The summed E-state index contributed by atoms with van der Waals surface area (Å²) in [4.78, 5) is 0. The molecule has 0 saturated carbocycles. The number of benzene rings is 2. The molecular weight excluding hydrogens is 374 g/mol. The van der Waals surface area contributed by atoms with Crippen LogP contribution in [-0.2, 0) is 6.61 Å². The van der Waals surface area contributed by atoms with Crippen LogP contribution in [0.3, 0.4) is 0 Å². The predicted octanol–water partition coefficient (Wildman–Crippen LogP) is 3.85. The molecule has 0 aliphatic heterocycles. The van der Waals surface area contributed by atoms with E-state index in [1.807, 2.05) is 55.5 Å². The quantitative estimate of drug-likeness (QED) is 0.446. The predicted molar refractivity (Wildman–Crippen MR) is 102 cm³/mol. The van der Waals surface area contributed by atoms with Gasteiger partial charge in [0.2, 0.25) is 0 Å². The van der Waals surface area contributed by atoms with Gasteiger partial charge >= 0.3 is 0 Å². The fraction of sp³-hybridized carbons (Fsp3) is 0.176. The molecule has 120 valence electrons. The summed E-state index contributed by atoms with van der Waals surface area (Å²) in [6.45, 7) is 3.23. The first-order valence-electron chi connectivity index (χ1n) is 7.22. The number of ether oxygens (including phenoxy) is 1. The molecule has 0 unspecified atom stereocenters. The lowest BCUT2D eigenvalue weighted by molar-refractivity contribution is 0.306. The summed E-state index contributed by atoms with van der Waals surface area (Å²) in [6.07, 6.45) is 1.69. The van der Waals surface area contributed by atoms with Gasteiger partial charge in [0, 0.05) is 16.6 Å². The molecule has 2 rings (SSSR count). The van der Waals surface area contributed by atoms with Gasteiger partial charge in [0.1, 0.15) is 12.4 Å². The second-order valence-electron chi connectivity index (χ2n) is 4.69. The largest absolute Gasteiger partial charge is 0.488 e. The third-order valence-electron chi connectivity index (χ3n) is 2.92. The van der Waals surface area contributed by atoms with Crippen molar-refractivity contribution in [3.05, 3.63) is 64.1 Å². The molecule has 6 heteroatoms. The Morgan fingerprint density at radius 1 is 1.26 bits per heavy atom. The van der Waals surface area contributed by atoms with Crippen molar-refractivity contribution >= 4 is 39.5 Å². The normalized spacial score (nSPS) is 10.5. The van der Waals surface area contributed by atoms with Crippen molar-refractivity contribution in [2.24, 2.45) is 5.10 Å². The van der Waals surface area contributed by atoms with E-state index >= 15 is 0 Å². The van der Waals surface area contributed by atoms with Crippen LogP contribution < -0.4 is 15.5 Å². The minimum atomic E-state index is 0.491. The van der Waals surface area contributed by atoms with Gasteiger partial charge < -0.3 is 10.1 Å². The number of hydrogen-bond acceptors (Lipinski definition) is 3. The Morgan fingerprint density at radius 3 is 2.78 bits per heavy atom. The smallest absolute Gasteiger partial charge is 0.186 e. The average Bonchev–Trinajstić information content (AvgIpc) is 2.55. The Morgan fingerprint density at radius 2 is 2.04 bits per heavy atom. The Bertz CT molecular complexity index is 677. The first kappa shape index (κ1) is 17.4. The van der Waals surface area contributed by atoms with E-state index in [-0.39, 0.29) is 0 Å². The summed E-state index contributed by atoms with van der Waals surface area (Å²) < 4.78 is 6.85. The molecule has 0 aliphatic carbocycles. The standard InChI is InChI=1S/C17H18BrN3OS/c1-2-19-17(23)21-20-11-14-10-15(18)8-9-16(14)22-12-13-6-4-3-5-7-13/h3-11H,2,12H2,1H3,(H2,19,21,23)/b20-11+. The zero-order valence-corrected chi connectivity index (χ0v) is 15.2. The molecule has 2 aromatic carbocycles. The minimum Gasteiger partial charge on any atom is -0.488 e. The van der Waals surface area contributed by atoms with Gasteiger partial charge in [0.05, 0.1) is 6.21 Å². The molecule has 4 nitrogen and oxygen atoms in total. The van der Waals surface area contributed by atoms with Crippen LogP contribution in [0.15, 0.2) is 58.1 Å². The lowest BCUT2D eigenvalue weighted by Gasteiger charge is -2.10. The van der Waals surface area contributed by atoms with Crippen LogP contribution in [0, 0.1) is 0 Å². The number of hydrogen-bond donors (Lipinski definition) is 2. The van der Waals surface area contributed by atoms with Crippen LogP contribution in [0.4, 0.5) is 0 Å². The number of rotatable bonds is 6. The number of thiocarbonyl (C=S) groups is 1. The van der Waals surface area contributed by atoms with E-state index in [9.17, 15) is 0 Å². The highest BCUT2D eigenvalue weighted by molar-refractivity contribution is 9.10. The summed E-state index contributed by atoms with van der Waals surface area (Å²) in [5, 5.41) is 7.60. The van der Waals surface area contributed by atoms with Gasteiger partial charge in [-0.15, -0.1) is 0 Å². The van der Waals surface area contributed by atoms with Crippen LogP contribution in [0.2, 0.25) is 0 Å². The molecule has 0 spiro atoms. The van der Waals surface area contributed by atoms with E-state index in [1.165, 1.54) is 0 Å². The topological polar surface area (TPSA) is 45.7 Å². The maximum atomic E-state index is 5.89. The minimum absolute atomic E-state index is 0.491. The summed E-state index contributed by atoms with van der Waals surface area (Å²) in [6, 6.07) is 15.8. The van der Waals surface area contributed by atoms with Gasteiger partial charge in [-0.1, -0.05) is 46.3 Å². The van der Waals surface area contributed by atoms with E-state index in [4.69, 9.17) is 17.0 Å². The molecule has 0 aliphatic rings. The van der Waals surface area contributed by atoms with Crippen molar-refractivity contribution in [2.75, 3.05) is 6.54 Å². The first-order valence-corrected chi connectivity index (χ1v) is 8.42. The van der Waals surface area contributed by atoms with Crippen molar-refractivity contribution < 1.29 is 4.74 Å². The third-order valence-corrected chi connectivity index (χ3v) is 3.64. The Labute approximate surface area is 150 Å². The second kappa shape index (κ2) is 9.27. The lowest BCUT2D eigenvalue weighted by Crippen LogP contribution is -2.31. The molecular formula is C17H18BrN3OS. The molecule has 0 atom stereocenters. The molecule has 0 bridgehead atoms. The van der Waals surface area contributed by atoms with Gasteiger partial charge in [-0.05, 0) is 42.9 Å². The van der Waals surface area contributed by atoms with Gasteiger partial charge in [0.25, 0.3) is 0 Å². The molecule has 2 aromatic rings. The van der Waals surface area contributed by atoms with E-state index in [1.54, 1.807) is 6.21 Å². The van der Waals surface area contributed by atoms with E-state index in [2.05, 4.69) is 31.8 Å². The van der Waals surface area contributed by atoms with E-state index in [0.29, 0.717) is 11.7 Å². The zero-order chi connectivity index (χ0) is 16.5. The van der Waals surface area contributed by atoms with Crippen LogP contribution in [-0.4, -0.2) is 17.9 Å². The molecule has 0 amide bonds. The molecule has 0 heterocycles. The summed E-state index contributed by atoms with van der Waals surface area (Å²) in [5.41, 5.74) is 4.75. The van der Waals surface area contributed by atoms with Gasteiger partial charge in [-0.2, -0.15) is 5.10 Å². The van der Waals surface area contributed by atoms with Crippen molar-refractivity contribution in [3.63, 3.8) is 0 Å². The summed E-state index contributed by atoms with van der Waals surface area (Å²) in [7, 11) is 0. The molecule has 23 heavy (non-hydrogen) atoms. The maximum absolute atomic E-state index is 5.89. The van der Waals surface area contributed by atoms with Gasteiger partial charge in [-0.3, -0.25) is 5.43 Å². The first-order chi connectivity index (χ1) is 11.2. The van der Waals surface area contributed by atoms with E-state index < -0.39 is 0 Å². The van der Waals surface area contributed by atoms with Gasteiger partial charge in [0.15, 0.2) is 5.11 Å². The highest BCUT2D eigenvalue weighted by Gasteiger charge is 2.03. The van der Waals surface area contributed by atoms with Crippen LogP contribution in [0.5, 0.6) is 5.75 Å². The van der Waals surface area contributed by atoms with Crippen LogP contribution in [0.1, 0.15) is 18.1 Å². The molecule has 2 N–H and O–H groups in total. The fourth-order valence-corrected chi connectivity index (χ4v) is 2.42. The van der Waals surface area contributed by atoms with Crippen molar-refractivity contribution in [3.8, 4) is 5.75 Å². The average molecular weight is 392 g/mol. The molecule has 0 radical (unpaired) electrons. The molecule has 0 saturated heterocycles. The molecule has 0 aromatic heterocycles. The number of hydrazone groups is 1. The SMILES string of the molecule is CCNC(=S)N/N=C/c1cc(Br)ccc1OCc1ccccc1. The van der Waals surface area contributed by atoms with Crippen molar-refractivity contribution in [1.82, 2.24) is 10.7 Å². The van der Waals surface area contributed by atoms with Crippen LogP contribution in [0.25, 0.3) is 0 Å². The summed E-state index contributed by atoms with van der Waals surface area (Å²) >= 11 is 8.53. The third kappa shape index (κ3) is 6.00. The van der Waals surface area contributed by atoms with E-state index in [0.717, 1.165) is 27.9 Å². The lowest BCUT2D eigenvalue weighted by atomic mass is 10.2.